The van der Waals surface area contributed by atoms with Crippen LogP contribution in [0.1, 0.15) is 75.8 Å². The number of hydrogen-bond donors (Lipinski definition) is 0. The average molecular weight is 533 g/mol. The fourth-order valence-corrected chi connectivity index (χ4v) is 5.43. The normalized spacial score (nSPS) is 19.9. The van der Waals surface area contributed by atoms with Gasteiger partial charge in [0.1, 0.15) is 11.5 Å². The predicted molar refractivity (Wildman–Crippen MR) is 138 cm³/mol. The number of ketones is 1. The van der Waals surface area contributed by atoms with Crippen LogP contribution in [-0.4, -0.2) is 12.9 Å². The molecule has 0 saturated heterocycles. The first-order valence-corrected chi connectivity index (χ1v) is 12.9. The lowest BCUT2D eigenvalue weighted by atomic mass is 9.76. The first-order chi connectivity index (χ1) is 15.0. The molecular weight excluding hydrogens is 495 g/mol. The van der Waals surface area contributed by atoms with Crippen LogP contribution < -0.4 is 4.74 Å². The van der Waals surface area contributed by atoms with E-state index >= 15 is 0 Å². The smallest absolute Gasteiger partial charge is 0.135 e. The molecule has 0 aromatic heterocycles. The topological polar surface area (TPSA) is 26.3 Å². The lowest BCUT2D eigenvalue weighted by Crippen LogP contribution is -2.23. The summed E-state index contributed by atoms with van der Waals surface area (Å²) in [4.78, 5) is 13.0. The van der Waals surface area contributed by atoms with E-state index in [9.17, 15) is 4.79 Å². The lowest BCUT2D eigenvalue weighted by Gasteiger charge is -2.28. The van der Waals surface area contributed by atoms with Crippen molar-refractivity contribution in [2.24, 2.45) is 17.8 Å². The molecule has 1 fully saturated rings. The Labute approximate surface area is 202 Å². The Morgan fingerprint density at radius 2 is 1.77 bits per heavy atom. The maximum absolute atomic E-state index is 13.0. The molecule has 2 aromatic rings. The number of rotatable bonds is 10. The summed E-state index contributed by atoms with van der Waals surface area (Å²) in [6.45, 7) is 4.56. The second-order valence-corrected chi connectivity index (χ2v) is 10.8. The highest BCUT2D eigenvalue weighted by Crippen LogP contribution is 2.35. The minimum Gasteiger partial charge on any atom is -0.497 e. The summed E-state index contributed by atoms with van der Waals surface area (Å²) >= 11 is 2.35. The summed E-state index contributed by atoms with van der Waals surface area (Å²) in [5.74, 6) is 3.52. The van der Waals surface area contributed by atoms with Gasteiger partial charge in [0.15, 0.2) is 0 Å². The van der Waals surface area contributed by atoms with Crippen molar-refractivity contribution in [3.8, 4) is 5.75 Å². The van der Waals surface area contributed by atoms with Gasteiger partial charge in [-0.15, -0.1) is 0 Å². The van der Waals surface area contributed by atoms with E-state index in [1.54, 1.807) is 7.11 Å². The Bertz CT molecular complexity index is 819. The van der Waals surface area contributed by atoms with Crippen molar-refractivity contribution >= 4 is 28.4 Å². The van der Waals surface area contributed by atoms with Gasteiger partial charge < -0.3 is 4.74 Å². The summed E-state index contributed by atoms with van der Waals surface area (Å²) in [5.41, 5.74) is 2.73. The molecule has 0 bridgehead atoms. The number of carbonyl (C=O) groups is 1. The van der Waals surface area contributed by atoms with Crippen molar-refractivity contribution in [2.45, 2.75) is 71.1 Å². The molecule has 0 spiro atoms. The second-order valence-electron chi connectivity index (χ2n) is 9.51. The van der Waals surface area contributed by atoms with Crippen LogP contribution in [0.15, 0.2) is 48.5 Å². The summed E-state index contributed by atoms with van der Waals surface area (Å²) in [5, 5.41) is 0. The van der Waals surface area contributed by atoms with Crippen LogP contribution >= 0.6 is 22.6 Å². The van der Waals surface area contributed by atoms with E-state index < -0.39 is 0 Å². The van der Waals surface area contributed by atoms with Crippen molar-refractivity contribution < 1.29 is 9.53 Å². The van der Waals surface area contributed by atoms with E-state index in [0.717, 1.165) is 43.8 Å². The van der Waals surface area contributed by atoms with Crippen LogP contribution in [0.2, 0.25) is 0 Å². The highest BCUT2D eigenvalue weighted by Gasteiger charge is 2.27. The van der Waals surface area contributed by atoms with Gasteiger partial charge in [-0.2, -0.15) is 0 Å². The Kier molecular flexibility index (Phi) is 9.43. The van der Waals surface area contributed by atoms with Crippen molar-refractivity contribution in [1.29, 1.82) is 0 Å². The van der Waals surface area contributed by atoms with Crippen LogP contribution in [-0.2, 0) is 11.2 Å². The van der Waals surface area contributed by atoms with Gasteiger partial charge in [-0.3, -0.25) is 4.79 Å². The first-order valence-electron chi connectivity index (χ1n) is 11.9. The fourth-order valence-electron chi connectivity index (χ4n) is 5.07. The quantitative estimate of drug-likeness (QED) is 0.292. The molecule has 3 rings (SSSR count). The highest BCUT2D eigenvalue weighted by atomic mass is 127. The number of ether oxygens (including phenoxy) is 1. The number of methoxy groups -OCH3 is 1. The fraction of sp³-hybridized carbons (Fsp3) is 0.536. The van der Waals surface area contributed by atoms with E-state index in [2.05, 4.69) is 78.9 Å². The molecule has 1 aliphatic rings. The van der Waals surface area contributed by atoms with Crippen molar-refractivity contribution in [1.82, 2.24) is 0 Å². The van der Waals surface area contributed by atoms with Gasteiger partial charge in [0, 0.05) is 15.9 Å². The van der Waals surface area contributed by atoms with Crippen molar-refractivity contribution in [2.75, 3.05) is 7.11 Å². The molecule has 2 aromatic carbocycles. The molecule has 1 atom stereocenters. The Morgan fingerprint density at radius 1 is 1.06 bits per heavy atom. The van der Waals surface area contributed by atoms with E-state index in [1.165, 1.54) is 34.0 Å². The maximum Gasteiger partial charge on any atom is 0.135 e. The maximum atomic E-state index is 13.0. The average Bonchev–Trinajstić information content (AvgIpc) is 2.79. The van der Waals surface area contributed by atoms with E-state index in [1.807, 2.05) is 6.07 Å². The molecular formula is C28H37IO2. The van der Waals surface area contributed by atoms with E-state index in [4.69, 9.17) is 4.74 Å². The van der Waals surface area contributed by atoms with Gasteiger partial charge >= 0.3 is 0 Å². The van der Waals surface area contributed by atoms with Crippen LogP contribution in [0.5, 0.6) is 5.75 Å². The number of aryl methyl sites for hydroxylation is 1. The van der Waals surface area contributed by atoms with Crippen molar-refractivity contribution in [3.05, 3.63) is 63.2 Å². The van der Waals surface area contributed by atoms with Gasteiger partial charge in [-0.1, -0.05) is 38.1 Å². The second kappa shape index (κ2) is 12.0. The van der Waals surface area contributed by atoms with Crippen LogP contribution in [0, 0.1) is 21.3 Å². The first kappa shape index (κ1) is 24.3. The van der Waals surface area contributed by atoms with Crippen LogP contribution in [0.3, 0.4) is 0 Å². The molecule has 0 amide bonds. The third-order valence-corrected chi connectivity index (χ3v) is 7.80. The number of carbonyl (C=O) groups excluding carboxylic acids is 1. The zero-order valence-corrected chi connectivity index (χ0v) is 21.4. The summed E-state index contributed by atoms with van der Waals surface area (Å²) < 4.78 is 6.60. The Hall–Kier alpha value is -1.36. The van der Waals surface area contributed by atoms with Crippen molar-refractivity contribution in [3.63, 3.8) is 0 Å². The molecule has 0 N–H and O–H groups in total. The summed E-state index contributed by atoms with van der Waals surface area (Å²) in [7, 11) is 1.72. The lowest BCUT2D eigenvalue weighted by molar-refractivity contribution is -0.124. The van der Waals surface area contributed by atoms with Crippen LogP contribution in [0.4, 0.5) is 0 Å². The number of benzene rings is 2. The molecule has 0 unspecified atom stereocenters. The molecule has 1 saturated carbocycles. The van der Waals surface area contributed by atoms with Gasteiger partial charge in [0.2, 0.25) is 0 Å². The Morgan fingerprint density at radius 3 is 2.42 bits per heavy atom. The third-order valence-electron chi connectivity index (χ3n) is 7.08. The predicted octanol–water partition coefficient (Wildman–Crippen LogP) is 7.83. The molecule has 31 heavy (non-hydrogen) atoms. The standard InChI is InChI=1S/C28H37IO2/c1-20(2)27(23-13-15-25(29)16-14-23)17-18-28(30)24-11-9-21(10-12-24)7-8-22-5-4-6-26(19-22)31-3/h4-6,13-16,19-21,24,27H,7-12,17-18H2,1-3H3/t21?,24?,27-/m1/s1. The van der Waals surface area contributed by atoms with Gasteiger partial charge in [-0.05, 0) is 121 Å². The molecule has 0 aliphatic heterocycles. The highest BCUT2D eigenvalue weighted by molar-refractivity contribution is 14.1. The minimum atomic E-state index is 0.289. The van der Waals surface area contributed by atoms with Gasteiger partial charge in [0.05, 0.1) is 7.11 Å². The summed E-state index contributed by atoms with van der Waals surface area (Å²) in [6, 6.07) is 17.3. The van der Waals surface area contributed by atoms with Gasteiger partial charge in [0.25, 0.3) is 0 Å². The SMILES string of the molecule is COc1cccc(CCC2CCC(C(=O)CC[C@@H](c3ccc(I)cc3)C(C)C)CC2)c1. The van der Waals surface area contributed by atoms with E-state index in [0.29, 0.717) is 17.6 Å². The molecule has 2 nitrogen and oxygen atoms in total. The monoisotopic (exact) mass is 532 g/mol. The zero-order chi connectivity index (χ0) is 22.2. The van der Waals surface area contributed by atoms with Gasteiger partial charge in [-0.25, -0.2) is 0 Å². The summed E-state index contributed by atoms with van der Waals surface area (Å²) in [6.07, 6.45) is 8.59. The largest absolute Gasteiger partial charge is 0.497 e. The minimum absolute atomic E-state index is 0.289. The number of halogens is 1. The zero-order valence-electron chi connectivity index (χ0n) is 19.3. The molecule has 1 aliphatic carbocycles. The molecule has 0 heterocycles. The van der Waals surface area contributed by atoms with E-state index in [-0.39, 0.29) is 5.92 Å². The Balaban J connectivity index is 1.43. The number of Topliss-reactive ketones (excluding diaryl/α,β-unsaturated/α-hetero) is 1. The molecule has 0 radical (unpaired) electrons. The number of hydrogen-bond acceptors (Lipinski definition) is 2. The third kappa shape index (κ3) is 7.34. The van der Waals surface area contributed by atoms with Crippen LogP contribution in [0.25, 0.3) is 0 Å². The molecule has 3 heteroatoms. The molecule has 168 valence electrons.